The molecule has 0 heteroatoms. The van der Waals surface area contributed by atoms with Crippen molar-refractivity contribution in [2.24, 2.45) is 0 Å². The van der Waals surface area contributed by atoms with Crippen LogP contribution >= 0.6 is 0 Å². The van der Waals surface area contributed by atoms with Crippen molar-refractivity contribution in [3.8, 4) is 11.1 Å². The number of rotatable bonds is 4. The fraction of sp³-hybridized carbons (Fsp3) is 0. The molecule has 0 heterocycles. The Morgan fingerprint density at radius 2 is 1.56 bits per heavy atom. The van der Waals surface area contributed by atoms with Crippen molar-refractivity contribution in [1.29, 1.82) is 0 Å². The minimum absolute atomic E-state index is 1.09. The zero-order chi connectivity index (χ0) is 12.8. The Kier molecular flexibility index (Phi) is 3.93. The van der Waals surface area contributed by atoms with E-state index in [1.807, 2.05) is 18.2 Å². The van der Waals surface area contributed by atoms with Gasteiger partial charge in [0.2, 0.25) is 0 Å². The highest BCUT2D eigenvalue weighted by Crippen LogP contribution is 2.24. The van der Waals surface area contributed by atoms with Crippen molar-refractivity contribution in [3.63, 3.8) is 0 Å². The molecule has 18 heavy (non-hydrogen) atoms. The fourth-order valence-corrected chi connectivity index (χ4v) is 1.92. The summed E-state index contributed by atoms with van der Waals surface area (Å²) in [7, 11) is 0. The molecule has 0 aromatic heterocycles. The fourth-order valence-electron chi connectivity index (χ4n) is 1.92. The van der Waals surface area contributed by atoms with Crippen LogP contribution in [0.3, 0.4) is 0 Å². The summed E-state index contributed by atoms with van der Waals surface area (Å²) in [4.78, 5) is 0. The largest absolute Gasteiger partial charge is 0.0990 e. The van der Waals surface area contributed by atoms with E-state index in [1.165, 1.54) is 11.1 Å². The zero-order valence-corrected chi connectivity index (χ0v) is 10.3. The van der Waals surface area contributed by atoms with Gasteiger partial charge in [0.25, 0.3) is 0 Å². The molecular formula is C18H16. The molecule has 0 radical (unpaired) electrons. The molecule has 0 amide bonds. The summed E-state index contributed by atoms with van der Waals surface area (Å²) in [6, 6.07) is 18.8. The van der Waals surface area contributed by atoms with Crippen LogP contribution in [-0.2, 0) is 0 Å². The molecule has 0 unspecified atom stereocenters. The monoisotopic (exact) mass is 232 g/mol. The lowest BCUT2D eigenvalue weighted by Crippen LogP contribution is -1.83. The Morgan fingerprint density at radius 1 is 0.833 bits per heavy atom. The molecular weight excluding hydrogens is 216 g/mol. The molecule has 0 aliphatic rings. The van der Waals surface area contributed by atoms with E-state index >= 15 is 0 Å². The highest BCUT2D eigenvalue weighted by Gasteiger charge is 2.00. The van der Waals surface area contributed by atoms with Gasteiger partial charge in [-0.15, -0.1) is 0 Å². The predicted octanol–water partition coefficient (Wildman–Crippen LogP) is 5.11. The first-order valence-electron chi connectivity index (χ1n) is 5.96. The molecule has 0 bridgehead atoms. The van der Waals surface area contributed by atoms with Crippen LogP contribution in [0.1, 0.15) is 5.56 Å². The highest BCUT2D eigenvalue weighted by molar-refractivity contribution is 5.78. The second kappa shape index (κ2) is 5.83. The van der Waals surface area contributed by atoms with Gasteiger partial charge in [0.05, 0.1) is 0 Å². The number of hydrogen-bond acceptors (Lipinski definition) is 0. The van der Waals surface area contributed by atoms with Crippen molar-refractivity contribution in [1.82, 2.24) is 0 Å². The van der Waals surface area contributed by atoms with Crippen LogP contribution in [0.25, 0.3) is 16.7 Å². The molecule has 2 aromatic carbocycles. The van der Waals surface area contributed by atoms with Crippen LogP contribution in [0.15, 0.2) is 86.0 Å². The van der Waals surface area contributed by atoms with Crippen LogP contribution in [0.2, 0.25) is 0 Å². The molecule has 0 saturated carbocycles. The van der Waals surface area contributed by atoms with E-state index in [-0.39, 0.29) is 0 Å². The van der Waals surface area contributed by atoms with Crippen molar-refractivity contribution >= 4 is 5.57 Å². The van der Waals surface area contributed by atoms with Crippen LogP contribution in [0.4, 0.5) is 0 Å². The Balaban J connectivity index is 2.45. The summed E-state index contributed by atoms with van der Waals surface area (Å²) in [5, 5.41) is 0. The first-order chi connectivity index (χ1) is 8.85. The molecule has 2 aromatic rings. The van der Waals surface area contributed by atoms with Crippen LogP contribution in [0, 0.1) is 0 Å². The summed E-state index contributed by atoms with van der Waals surface area (Å²) in [6.07, 6.45) is 5.61. The standard InChI is InChI=1S/C18H16/c1-3-9-15(4-2)17-12-8-13-18(14-17)16-10-6-5-7-11-16/h3-14H,1-2H2/b15-9+. The Morgan fingerprint density at radius 3 is 2.22 bits per heavy atom. The third-order valence-electron chi connectivity index (χ3n) is 2.82. The van der Waals surface area contributed by atoms with Gasteiger partial charge in [-0.25, -0.2) is 0 Å². The molecule has 0 N–H and O–H groups in total. The topological polar surface area (TPSA) is 0 Å². The van der Waals surface area contributed by atoms with Crippen molar-refractivity contribution in [2.45, 2.75) is 0 Å². The molecule has 0 nitrogen and oxygen atoms in total. The van der Waals surface area contributed by atoms with Crippen LogP contribution in [-0.4, -0.2) is 0 Å². The van der Waals surface area contributed by atoms with Crippen molar-refractivity contribution < 1.29 is 0 Å². The summed E-state index contributed by atoms with van der Waals surface area (Å²) >= 11 is 0. The average Bonchev–Trinajstić information content (AvgIpc) is 2.46. The Hall–Kier alpha value is -2.34. The lowest BCUT2D eigenvalue weighted by atomic mass is 9.99. The molecule has 0 fully saturated rings. The maximum atomic E-state index is 3.84. The van der Waals surface area contributed by atoms with Gasteiger partial charge in [0.15, 0.2) is 0 Å². The minimum Gasteiger partial charge on any atom is -0.0990 e. The van der Waals surface area contributed by atoms with Gasteiger partial charge < -0.3 is 0 Å². The lowest BCUT2D eigenvalue weighted by Gasteiger charge is -2.06. The van der Waals surface area contributed by atoms with E-state index in [2.05, 4.69) is 61.7 Å². The normalized spacial score (nSPS) is 11.0. The van der Waals surface area contributed by atoms with Gasteiger partial charge in [-0.05, 0) is 28.3 Å². The number of allylic oxidation sites excluding steroid dienone is 4. The quantitative estimate of drug-likeness (QED) is 0.643. The average molecular weight is 232 g/mol. The number of hydrogen-bond donors (Lipinski definition) is 0. The van der Waals surface area contributed by atoms with E-state index in [9.17, 15) is 0 Å². The van der Waals surface area contributed by atoms with E-state index in [4.69, 9.17) is 0 Å². The van der Waals surface area contributed by atoms with Gasteiger partial charge in [-0.1, -0.05) is 79.9 Å². The molecule has 0 aliphatic carbocycles. The van der Waals surface area contributed by atoms with Gasteiger partial charge >= 0.3 is 0 Å². The first kappa shape index (κ1) is 12.1. The lowest BCUT2D eigenvalue weighted by molar-refractivity contribution is 1.58. The number of benzene rings is 2. The Bertz CT molecular complexity index is 574. The SMILES string of the molecule is C=C/C=C(\C=C)c1cccc(-c2ccccc2)c1. The molecule has 0 saturated heterocycles. The summed E-state index contributed by atoms with van der Waals surface area (Å²) in [5.41, 5.74) is 4.68. The van der Waals surface area contributed by atoms with E-state index in [0.29, 0.717) is 0 Å². The second-order valence-corrected chi connectivity index (χ2v) is 4.01. The van der Waals surface area contributed by atoms with E-state index in [1.54, 1.807) is 6.08 Å². The molecule has 0 spiro atoms. The molecule has 0 atom stereocenters. The molecule has 0 aliphatic heterocycles. The summed E-state index contributed by atoms with van der Waals surface area (Å²) in [5.74, 6) is 0. The molecule has 2 rings (SSSR count). The van der Waals surface area contributed by atoms with Gasteiger partial charge in [-0.3, -0.25) is 0 Å². The first-order valence-corrected chi connectivity index (χ1v) is 5.96. The summed E-state index contributed by atoms with van der Waals surface area (Å²) < 4.78 is 0. The minimum atomic E-state index is 1.09. The van der Waals surface area contributed by atoms with Gasteiger partial charge in [0, 0.05) is 0 Å². The van der Waals surface area contributed by atoms with Crippen LogP contribution in [0.5, 0.6) is 0 Å². The zero-order valence-electron chi connectivity index (χ0n) is 10.3. The highest BCUT2D eigenvalue weighted by atomic mass is 14.0. The predicted molar refractivity (Wildman–Crippen MR) is 80.2 cm³/mol. The smallest absolute Gasteiger partial charge is 0.0178 e. The maximum Gasteiger partial charge on any atom is -0.0178 e. The summed E-state index contributed by atoms with van der Waals surface area (Å²) in [6.45, 7) is 7.57. The van der Waals surface area contributed by atoms with Crippen LogP contribution < -0.4 is 0 Å². The van der Waals surface area contributed by atoms with Crippen molar-refractivity contribution in [2.75, 3.05) is 0 Å². The Labute approximate surface area is 109 Å². The third-order valence-corrected chi connectivity index (χ3v) is 2.82. The molecule has 88 valence electrons. The third kappa shape index (κ3) is 2.67. The van der Waals surface area contributed by atoms with Crippen molar-refractivity contribution in [3.05, 3.63) is 91.5 Å². The van der Waals surface area contributed by atoms with E-state index in [0.717, 1.165) is 11.1 Å². The maximum absolute atomic E-state index is 3.84. The van der Waals surface area contributed by atoms with E-state index < -0.39 is 0 Å². The van der Waals surface area contributed by atoms with Gasteiger partial charge in [-0.2, -0.15) is 0 Å². The van der Waals surface area contributed by atoms with Gasteiger partial charge in [0.1, 0.15) is 0 Å². The second-order valence-electron chi connectivity index (χ2n) is 4.01.